The van der Waals surface area contributed by atoms with Gasteiger partial charge in [0.05, 0.1) is 13.2 Å². The Kier molecular flexibility index (Phi) is 6.84. The Morgan fingerprint density at radius 1 is 1.26 bits per heavy atom. The molecule has 0 aliphatic rings. The molecule has 0 saturated carbocycles. The highest BCUT2D eigenvalue weighted by atomic mass is 35.5. The number of rotatable bonds is 5. The molecule has 23 heavy (non-hydrogen) atoms. The highest BCUT2D eigenvalue weighted by Gasteiger charge is 2.30. The van der Waals surface area contributed by atoms with Crippen LogP contribution in [-0.4, -0.2) is 42.0 Å². The second-order valence-corrected chi connectivity index (χ2v) is 6.49. The van der Waals surface area contributed by atoms with Crippen molar-refractivity contribution in [2.24, 2.45) is 0 Å². The number of amides is 1. The van der Waals surface area contributed by atoms with Crippen molar-refractivity contribution in [3.8, 4) is 0 Å². The van der Waals surface area contributed by atoms with E-state index in [1.54, 1.807) is 45.0 Å². The Labute approximate surface area is 140 Å². The van der Waals surface area contributed by atoms with Crippen LogP contribution in [0, 0.1) is 0 Å². The molecule has 1 aromatic carbocycles. The minimum Gasteiger partial charge on any atom is -0.467 e. The molecule has 0 spiro atoms. The Morgan fingerprint density at radius 3 is 2.30 bits per heavy atom. The predicted octanol–water partition coefficient (Wildman–Crippen LogP) is 2.31. The number of methoxy groups -OCH3 is 1. The van der Waals surface area contributed by atoms with Gasteiger partial charge in [0.2, 0.25) is 0 Å². The van der Waals surface area contributed by atoms with Gasteiger partial charge in [-0.3, -0.25) is 0 Å². The van der Waals surface area contributed by atoms with Gasteiger partial charge in [-0.2, -0.15) is 0 Å². The van der Waals surface area contributed by atoms with Gasteiger partial charge in [-0.1, -0.05) is 23.7 Å². The van der Waals surface area contributed by atoms with Crippen molar-refractivity contribution < 1.29 is 24.2 Å². The van der Waals surface area contributed by atoms with Crippen molar-refractivity contribution in [2.45, 2.75) is 44.9 Å². The van der Waals surface area contributed by atoms with E-state index < -0.39 is 29.8 Å². The van der Waals surface area contributed by atoms with Crippen LogP contribution in [-0.2, 0) is 20.7 Å². The monoisotopic (exact) mass is 343 g/mol. The zero-order chi connectivity index (χ0) is 17.6. The number of aliphatic hydroxyl groups excluding tert-OH is 1. The van der Waals surface area contributed by atoms with E-state index in [4.69, 9.17) is 16.3 Å². The number of aliphatic hydroxyl groups is 1. The van der Waals surface area contributed by atoms with Gasteiger partial charge in [0.1, 0.15) is 5.60 Å². The van der Waals surface area contributed by atoms with E-state index >= 15 is 0 Å². The van der Waals surface area contributed by atoms with Gasteiger partial charge in [-0.25, -0.2) is 9.59 Å². The topological polar surface area (TPSA) is 84.9 Å². The van der Waals surface area contributed by atoms with Gasteiger partial charge in [-0.15, -0.1) is 0 Å². The van der Waals surface area contributed by atoms with Gasteiger partial charge < -0.3 is 19.9 Å². The van der Waals surface area contributed by atoms with E-state index in [-0.39, 0.29) is 6.42 Å². The Bertz CT molecular complexity index is 538. The van der Waals surface area contributed by atoms with E-state index in [0.717, 1.165) is 5.56 Å². The number of esters is 1. The van der Waals surface area contributed by atoms with Crippen LogP contribution in [0.1, 0.15) is 26.3 Å². The number of ether oxygens (including phenoxy) is 2. The molecular weight excluding hydrogens is 322 g/mol. The molecule has 1 amide bonds. The maximum atomic E-state index is 11.9. The van der Waals surface area contributed by atoms with Gasteiger partial charge in [0, 0.05) is 5.02 Å². The number of alkyl carbamates (subject to hydrolysis) is 1. The lowest BCUT2D eigenvalue weighted by Crippen LogP contribution is -2.49. The fourth-order valence-electron chi connectivity index (χ4n) is 1.86. The molecule has 0 bridgehead atoms. The molecule has 0 radical (unpaired) electrons. The number of hydrogen-bond donors (Lipinski definition) is 2. The first kappa shape index (κ1) is 19.3. The van der Waals surface area contributed by atoms with Gasteiger partial charge in [-0.05, 0) is 44.9 Å². The lowest BCUT2D eigenvalue weighted by atomic mass is 10.0. The lowest BCUT2D eigenvalue weighted by Gasteiger charge is -2.25. The number of hydrogen-bond acceptors (Lipinski definition) is 5. The summed E-state index contributed by atoms with van der Waals surface area (Å²) in [6.07, 6.45) is -2.02. The van der Waals surface area contributed by atoms with E-state index in [9.17, 15) is 14.7 Å². The quantitative estimate of drug-likeness (QED) is 0.801. The molecule has 0 aromatic heterocycles. The molecular formula is C16H22ClNO5. The number of halogens is 1. The maximum absolute atomic E-state index is 11.9. The highest BCUT2D eigenvalue weighted by Crippen LogP contribution is 2.14. The molecule has 0 saturated heterocycles. The van der Waals surface area contributed by atoms with Gasteiger partial charge >= 0.3 is 12.1 Å². The summed E-state index contributed by atoms with van der Waals surface area (Å²) in [6.45, 7) is 5.16. The highest BCUT2D eigenvalue weighted by molar-refractivity contribution is 6.30. The third-order valence-electron chi connectivity index (χ3n) is 2.89. The van der Waals surface area contributed by atoms with Crippen LogP contribution in [0.25, 0.3) is 0 Å². The van der Waals surface area contributed by atoms with Crippen molar-refractivity contribution in [1.82, 2.24) is 5.32 Å². The standard InChI is InChI=1S/C16H22ClNO5/c1-16(2,3)23-15(21)18-12(13(19)14(20)22-4)9-10-5-7-11(17)8-6-10/h5-8,12-13,19H,9H2,1-4H3,(H,18,21)/t12-,13+/m0/s1. The fraction of sp³-hybridized carbons (Fsp3) is 0.500. The smallest absolute Gasteiger partial charge is 0.407 e. The Morgan fingerprint density at radius 2 is 1.83 bits per heavy atom. The minimum absolute atomic E-state index is 0.215. The minimum atomic E-state index is -1.51. The van der Waals surface area contributed by atoms with Crippen LogP contribution in [0.4, 0.5) is 4.79 Å². The molecule has 0 aliphatic carbocycles. The van der Waals surface area contributed by atoms with E-state index in [1.165, 1.54) is 7.11 Å². The maximum Gasteiger partial charge on any atom is 0.407 e. The Hall–Kier alpha value is -1.79. The molecule has 0 heterocycles. The van der Waals surface area contributed by atoms with Crippen LogP contribution in [0.3, 0.4) is 0 Å². The van der Waals surface area contributed by atoms with E-state index in [2.05, 4.69) is 10.1 Å². The normalized spacial score (nSPS) is 13.8. The average Bonchev–Trinajstić information content (AvgIpc) is 2.45. The zero-order valence-electron chi connectivity index (χ0n) is 13.6. The van der Waals surface area contributed by atoms with Crippen LogP contribution in [0.15, 0.2) is 24.3 Å². The number of carbonyl (C=O) groups is 2. The third kappa shape index (κ3) is 6.88. The summed E-state index contributed by atoms with van der Waals surface area (Å²) in [5.41, 5.74) is 0.101. The van der Waals surface area contributed by atoms with Crippen molar-refractivity contribution >= 4 is 23.7 Å². The van der Waals surface area contributed by atoms with Crippen LogP contribution >= 0.6 is 11.6 Å². The number of benzene rings is 1. The SMILES string of the molecule is COC(=O)[C@H](O)[C@H](Cc1ccc(Cl)cc1)NC(=O)OC(C)(C)C. The second kappa shape index (κ2) is 8.17. The zero-order valence-corrected chi connectivity index (χ0v) is 14.4. The summed E-state index contributed by atoms with van der Waals surface area (Å²) in [5.74, 6) is -0.833. The first-order valence-corrected chi connectivity index (χ1v) is 7.50. The summed E-state index contributed by atoms with van der Waals surface area (Å²) in [6, 6.07) is 5.97. The first-order chi connectivity index (χ1) is 10.6. The van der Waals surface area contributed by atoms with E-state index in [0.29, 0.717) is 5.02 Å². The van der Waals surface area contributed by atoms with Crippen molar-refractivity contribution in [1.29, 1.82) is 0 Å². The number of nitrogens with one attached hydrogen (secondary N) is 1. The molecule has 2 atom stereocenters. The van der Waals surface area contributed by atoms with Crippen LogP contribution < -0.4 is 5.32 Å². The van der Waals surface area contributed by atoms with Crippen LogP contribution in [0.2, 0.25) is 5.02 Å². The lowest BCUT2D eigenvalue weighted by molar-refractivity contribution is -0.151. The molecule has 1 aromatic rings. The average molecular weight is 344 g/mol. The summed E-state index contributed by atoms with van der Waals surface area (Å²) in [4.78, 5) is 23.5. The molecule has 128 valence electrons. The molecule has 2 N–H and O–H groups in total. The summed E-state index contributed by atoms with van der Waals surface area (Å²) < 4.78 is 9.68. The predicted molar refractivity (Wildman–Crippen MR) is 86.3 cm³/mol. The second-order valence-electron chi connectivity index (χ2n) is 6.05. The van der Waals surface area contributed by atoms with E-state index in [1.807, 2.05) is 0 Å². The van der Waals surface area contributed by atoms with Crippen molar-refractivity contribution in [2.75, 3.05) is 7.11 Å². The van der Waals surface area contributed by atoms with Gasteiger partial charge in [0.25, 0.3) is 0 Å². The summed E-state index contributed by atoms with van der Waals surface area (Å²) in [5, 5.41) is 13.1. The number of carbonyl (C=O) groups excluding carboxylic acids is 2. The summed E-state index contributed by atoms with van der Waals surface area (Å²) in [7, 11) is 1.17. The first-order valence-electron chi connectivity index (χ1n) is 7.12. The molecule has 0 unspecified atom stereocenters. The third-order valence-corrected chi connectivity index (χ3v) is 3.15. The molecule has 0 aliphatic heterocycles. The molecule has 7 heteroatoms. The molecule has 0 fully saturated rings. The molecule has 1 rings (SSSR count). The van der Waals surface area contributed by atoms with Gasteiger partial charge in [0.15, 0.2) is 6.10 Å². The van der Waals surface area contributed by atoms with Crippen molar-refractivity contribution in [3.05, 3.63) is 34.9 Å². The largest absolute Gasteiger partial charge is 0.467 e. The van der Waals surface area contributed by atoms with Crippen LogP contribution in [0.5, 0.6) is 0 Å². The fourth-order valence-corrected chi connectivity index (χ4v) is 1.99. The Balaban J connectivity index is 2.86. The van der Waals surface area contributed by atoms with Crippen molar-refractivity contribution in [3.63, 3.8) is 0 Å². The molecule has 6 nitrogen and oxygen atoms in total. The summed E-state index contributed by atoms with van der Waals surface area (Å²) >= 11 is 5.83.